The molecule has 2 aliphatic heterocycles. The van der Waals surface area contributed by atoms with E-state index in [0.717, 1.165) is 31.7 Å². The minimum Gasteiger partial charge on any atom is -0.311 e. The molecule has 2 nitrogen and oxygen atoms in total. The number of fused-ring (bicyclic) bond motifs is 2. The Hall–Kier alpha value is -1.29. The van der Waals surface area contributed by atoms with E-state index < -0.39 is 11.6 Å². The first-order valence-electron chi connectivity index (χ1n) is 6.80. The maximum atomic E-state index is 13.8. The zero-order valence-corrected chi connectivity index (χ0v) is 10.9. The van der Waals surface area contributed by atoms with Gasteiger partial charge in [-0.3, -0.25) is 4.79 Å². The zero-order chi connectivity index (χ0) is 13.6. The Morgan fingerprint density at radius 1 is 1.16 bits per heavy atom. The van der Waals surface area contributed by atoms with Gasteiger partial charge in [-0.15, -0.1) is 0 Å². The van der Waals surface area contributed by atoms with Crippen LogP contribution in [0.2, 0.25) is 0 Å². The Morgan fingerprint density at radius 2 is 1.79 bits per heavy atom. The molecule has 0 amide bonds. The van der Waals surface area contributed by atoms with Crippen LogP contribution < -0.4 is 5.32 Å². The third-order valence-corrected chi connectivity index (χ3v) is 4.36. The van der Waals surface area contributed by atoms with E-state index in [-0.39, 0.29) is 17.3 Å². The molecule has 3 rings (SSSR count). The van der Waals surface area contributed by atoms with Crippen molar-refractivity contribution in [3.05, 3.63) is 34.9 Å². The number of ketones is 1. The molecule has 2 saturated heterocycles. The summed E-state index contributed by atoms with van der Waals surface area (Å²) in [6, 6.07) is 2.93. The van der Waals surface area contributed by atoms with E-state index in [4.69, 9.17) is 0 Å². The van der Waals surface area contributed by atoms with Gasteiger partial charge in [-0.2, -0.15) is 0 Å². The van der Waals surface area contributed by atoms with Gasteiger partial charge in [0.2, 0.25) is 0 Å². The van der Waals surface area contributed by atoms with E-state index >= 15 is 0 Å². The fraction of sp³-hybridized carbons (Fsp3) is 0.533. The third-order valence-electron chi connectivity index (χ3n) is 4.36. The first-order chi connectivity index (χ1) is 9.04. The van der Waals surface area contributed by atoms with E-state index in [2.05, 4.69) is 5.32 Å². The van der Waals surface area contributed by atoms with E-state index in [1.54, 1.807) is 6.92 Å². The van der Waals surface area contributed by atoms with Crippen LogP contribution in [0.3, 0.4) is 0 Å². The van der Waals surface area contributed by atoms with E-state index in [0.29, 0.717) is 17.6 Å². The number of rotatable bonds is 2. The molecule has 19 heavy (non-hydrogen) atoms. The van der Waals surface area contributed by atoms with Crippen LogP contribution in [0.15, 0.2) is 12.1 Å². The van der Waals surface area contributed by atoms with Gasteiger partial charge in [-0.1, -0.05) is 0 Å². The summed E-state index contributed by atoms with van der Waals surface area (Å²) in [7, 11) is 0. The Kier molecular flexibility index (Phi) is 3.13. The lowest BCUT2D eigenvalue weighted by atomic mass is 9.85. The Bertz CT molecular complexity index is 517. The highest BCUT2D eigenvalue weighted by Crippen LogP contribution is 2.33. The highest BCUT2D eigenvalue weighted by Gasteiger charge is 2.37. The van der Waals surface area contributed by atoms with E-state index in [9.17, 15) is 13.6 Å². The average molecular weight is 265 g/mol. The third kappa shape index (κ3) is 2.29. The van der Waals surface area contributed by atoms with Gasteiger partial charge in [-0.25, -0.2) is 8.78 Å². The summed E-state index contributed by atoms with van der Waals surface area (Å²) in [5.41, 5.74) is 0.367. The molecule has 0 aromatic heterocycles. The largest absolute Gasteiger partial charge is 0.311 e. The summed E-state index contributed by atoms with van der Waals surface area (Å²) < 4.78 is 27.0. The van der Waals surface area contributed by atoms with Crippen LogP contribution in [-0.2, 0) is 0 Å². The molecular formula is C15H17F2NO. The fourth-order valence-corrected chi connectivity index (χ4v) is 3.34. The SMILES string of the molecule is Cc1cc(C(=O)C2CC3CCC(C2)N3)c(F)cc1F. The van der Waals surface area contributed by atoms with Crippen molar-refractivity contribution >= 4 is 5.78 Å². The number of benzene rings is 1. The number of piperidine rings is 1. The quantitative estimate of drug-likeness (QED) is 0.833. The monoisotopic (exact) mass is 265 g/mol. The summed E-state index contributed by atoms with van der Waals surface area (Å²) in [5.74, 6) is -1.63. The van der Waals surface area contributed by atoms with Crippen LogP contribution in [0.4, 0.5) is 8.78 Å². The molecule has 0 spiro atoms. The molecule has 2 unspecified atom stereocenters. The van der Waals surface area contributed by atoms with E-state index in [1.165, 1.54) is 6.07 Å². The second-order valence-corrected chi connectivity index (χ2v) is 5.75. The number of halogens is 2. The summed E-state index contributed by atoms with van der Waals surface area (Å²) in [5, 5.41) is 3.46. The molecule has 2 bridgehead atoms. The smallest absolute Gasteiger partial charge is 0.169 e. The summed E-state index contributed by atoms with van der Waals surface area (Å²) in [6.45, 7) is 1.55. The molecule has 1 aromatic carbocycles. The molecule has 2 heterocycles. The lowest BCUT2D eigenvalue weighted by Gasteiger charge is -2.28. The van der Waals surface area contributed by atoms with Crippen molar-refractivity contribution in [2.75, 3.05) is 0 Å². The standard InChI is InChI=1S/C15H17F2NO/c1-8-4-12(14(17)7-13(8)16)15(19)9-5-10-2-3-11(6-9)18-10/h4,7,9-11,18H,2-3,5-6H2,1H3. The normalized spacial score (nSPS) is 29.5. The van der Waals surface area contributed by atoms with Gasteiger partial charge in [0, 0.05) is 24.1 Å². The number of hydrogen-bond acceptors (Lipinski definition) is 2. The first kappa shape index (κ1) is 12.7. The van der Waals surface area contributed by atoms with Gasteiger partial charge < -0.3 is 5.32 Å². The van der Waals surface area contributed by atoms with Gasteiger partial charge in [0.15, 0.2) is 5.78 Å². The molecule has 0 aliphatic carbocycles. The molecule has 4 heteroatoms. The molecule has 2 fully saturated rings. The molecule has 2 atom stereocenters. The Labute approximate surface area is 111 Å². The van der Waals surface area contributed by atoms with Crippen LogP contribution >= 0.6 is 0 Å². The molecular weight excluding hydrogens is 248 g/mol. The highest BCUT2D eigenvalue weighted by molar-refractivity contribution is 5.98. The lowest BCUT2D eigenvalue weighted by Crippen LogP contribution is -2.40. The first-order valence-corrected chi connectivity index (χ1v) is 6.80. The molecule has 102 valence electrons. The van der Waals surface area contributed by atoms with Crippen molar-refractivity contribution in [2.45, 2.75) is 44.7 Å². The van der Waals surface area contributed by atoms with Crippen LogP contribution in [0.1, 0.15) is 41.6 Å². The van der Waals surface area contributed by atoms with Crippen molar-refractivity contribution < 1.29 is 13.6 Å². The van der Waals surface area contributed by atoms with Crippen molar-refractivity contribution in [2.24, 2.45) is 5.92 Å². The Balaban J connectivity index is 1.86. The Morgan fingerprint density at radius 3 is 2.42 bits per heavy atom. The maximum Gasteiger partial charge on any atom is 0.169 e. The summed E-state index contributed by atoms with van der Waals surface area (Å²) in [4.78, 5) is 12.4. The second-order valence-electron chi connectivity index (χ2n) is 5.75. The van der Waals surface area contributed by atoms with Gasteiger partial charge in [0.1, 0.15) is 11.6 Å². The lowest BCUT2D eigenvalue weighted by molar-refractivity contribution is 0.0871. The number of nitrogens with one attached hydrogen (secondary N) is 1. The summed E-state index contributed by atoms with van der Waals surface area (Å²) in [6.07, 6.45) is 3.73. The maximum absolute atomic E-state index is 13.8. The number of carbonyl (C=O) groups is 1. The zero-order valence-electron chi connectivity index (χ0n) is 10.9. The van der Waals surface area contributed by atoms with Crippen molar-refractivity contribution in [1.29, 1.82) is 0 Å². The van der Waals surface area contributed by atoms with Crippen molar-refractivity contribution in [3.63, 3.8) is 0 Å². The number of hydrogen-bond donors (Lipinski definition) is 1. The average Bonchev–Trinajstić information content (AvgIpc) is 2.72. The fourth-order valence-electron chi connectivity index (χ4n) is 3.34. The molecule has 0 radical (unpaired) electrons. The number of Topliss-reactive ketones (excluding diaryl/α,β-unsaturated/α-hetero) is 1. The molecule has 1 aromatic rings. The topological polar surface area (TPSA) is 29.1 Å². The number of aryl methyl sites for hydroxylation is 1. The minimum atomic E-state index is -0.737. The van der Waals surface area contributed by atoms with Crippen LogP contribution in [0.5, 0.6) is 0 Å². The number of carbonyl (C=O) groups excluding carboxylic acids is 1. The highest BCUT2D eigenvalue weighted by atomic mass is 19.1. The minimum absolute atomic E-state index is 0.0465. The van der Waals surface area contributed by atoms with Gasteiger partial charge in [0.25, 0.3) is 0 Å². The van der Waals surface area contributed by atoms with Crippen molar-refractivity contribution in [1.82, 2.24) is 5.32 Å². The molecule has 2 aliphatic rings. The second kappa shape index (κ2) is 4.67. The van der Waals surface area contributed by atoms with Gasteiger partial charge in [0.05, 0.1) is 5.56 Å². The van der Waals surface area contributed by atoms with Crippen LogP contribution in [0, 0.1) is 24.5 Å². The van der Waals surface area contributed by atoms with Gasteiger partial charge >= 0.3 is 0 Å². The van der Waals surface area contributed by atoms with Crippen LogP contribution in [-0.4, -0.2) is 17.9 Å². The molecule has 0 saturated carbocycles. The van der Waals surface area contributed by atoms with Crippen molar-refractivity contribution in [3.8, 4) is 0 Å². The van der Waals surface area contributed by atoms with Crippen LogP contribution in [0.25, 0.3) is 0 Å². The predicted molar refractivity (Wildman–Crippen MR) is 68.1 cm³/mol. The predicted octanol–water partition coefficient (Wildman–Crippen LogP) is 2.99. The summed E-state index contributed by atoms with van der Waals surface area (Å²) >= 11 is 0. The molecule has 1 N–H and O–H groups in total. The van der Waals surface area contributed by atoms with Gasteiger partial charge in [-0.05, 0) is 44.2 Å². The van der Waals surface area contributed by atoms with E-state index in [1.807, 2.05) is 0 Å².